The minimum atomic E-state index is -0.232. The van der Waals surface area contributed by atoms with Gasteiger partial charge in [0.05, 0.1) is 5.52 Å². The first kappa shape index (κ1) is 12.9. The monoisotopic (exact) mass is 269 g/mol. The van der Waals surface area contributed by atoms with Gasteiger partial charge in [0.15, 0.2) is 5.78 Å². The first-order valence-corrected chi connectivity index (χ1v) is 6.84. The Morgan fingerprint density at radius 2 is 1.90 bits per heavy atom. The number of fused-ring (bicyclic) bond motifs is 3. The van der Waals surface area contributed by atoms with E-state index in [1.807, 2.05) is 18.2 Å². The molecule has 3 rings (SSSR count). The molecule has 0 fully saturated rings. The number of carbonyl (C=O) groups excluding carboxylic acids is 1. The molecule has 2 nitrogen and oxygen atoms in total. The number of carbonyl (C=O) groups is 1. The summed E-state index contributed by atoms with van der Waals surface area (Å²) < 4.78 is 15.6. The zero-order valence-corrected chi connectivity index (χ0v) is 11.6. The maximum atomic E-state index is 13.5. The van der Waals surface area contributed by atoms with Crippen molar-refractivity contribution in [3.05, 3.63) is 47.8 Å². The van der Waals surface area contributed by atoms with Crippen LogP contribution in [0, 0.1) is 5.82 Å². The number of hydrogen-bond acceptors (Lipinski definition) is 1. The molecule has 3 heteroatoms. The molecule has 0 amide bonds. The fourth-order valence-electron chi connectivity index (χ4n) is 2.76. The van der Waals surface area contributed by atoms with E-state index in [4.69, 9.17) is 0 Å². The van der Waals surface area contributed by atoms with Crippen LogP contribution in [-0.2, 0) is 6.54 Å². The van der Waals surface area contributed by atoms with Crippen LogP contribution in [0.4, 0.5) is 4.39 Å². The van der Waals surface area contributed by atoms with Crippen LogP contribution in [0.5, 0.6) is 0 Å². The normalized spacial score (nSPS) is 11.3. The van der Waals surface area contributed by atoms with Crippen molar-refractivity contribution in [1.29, 1.82) is 0 Å². The Balaban J connectivity index is 2.42. The number of aryl methyl sites for hydroxylation is 1. The van der Waals surface area contributed by atoms with Crippen LogP contribution < -0.4 is 0 Å². The number of rotatable bonds is 3. The second-order valence-electron chi connectivity index (χ2n) is 5.10. The van der Waals surface area contributed by atoms with Crippen LogP contribution in [0.1, 0.15) is 30.6 Å². The Morgan fingerprint density at radius 3 is 2.60 bits per heavy atom. The summed E-state index contributed by atoms with van der Waals surface area (Å²) in [5, 5.41) is 2.01. The van der Waals surface area contributed by atoms with E-state index in [0.717, 1.165) is 34.8 Å². The number of benzene rings is 2. The Hall–Kier alpha value is -2.16. The van der Waals surface area contributed by atoms with E-state index < -0.39 is 0 Å². The number of ketones is 1. The Morgan fingerprint density at radius 1 is 1.10 bits per heavy atom. The van der Waals surface area contributed by atoms with Crippen LogP contribution in [0.15, 0.2) is 36.4 Å². The van der Waals surface area contributed by atoms with E-state index in [9.17, 15) is 9.18 Å². The van der Waals surface area contributed by atoms with Crippen molar-refractivity contribution in [2.24, 2.45) is 0 Å². The third-order valence-electron chi connectivity index (χ3n) is 3.68. The van der Waals surface area contributed by atoms with E-state index in [1.165, 1.54) is 6.07 Å². The number of aromatic nitrogens is 1. The van der Waals surface area contributed by atoms with Crippen molar-refractivity contribution in [3.8, 4) is 0 Å². The smallest absolute Gasteiger partial charge is 0.159 e. The van der Waals surface area contributed by atoms with Gasteiger partial charge >= 0.3 is 0 Å². The second kappa shape index (κ2) is 4.75. The Bertz CT molecular complexity index is 817. The lowest BCUT2D eigenvalue weighted by atomic mass is 10.1. The van der Waals surface area contributed by atoms with Crippen LogP contribution in [-0.4, -0.2) is 10.4 Å². The van der Waals surface area contributed by atoms with Gasteiger partial charge in [-0.2, -0.15) is 0 Å². The van der Waals surface area contributed by atoms with Gasteiger partial charge in [-0.15, -0.1) is 0 Å². The quantitative estimate of drug-likeness (QED) is 0.639. The van der Waals surface area contributed by atoms with E-state index in [2.05, 4.69) is 11.5 Å². The fourth-order valence-corrected chi connectivity index (χ4v) is 2.76. The molecule has 1 heterocycles. The third-order valence-corrected chi connectivity index (χ3v) is 3.68. The predicted molar refractivity (Wildman–Crippen MR) is 79.7 cm³/mol. The van der Waals surface area contributed by atoms with Crippen LogP contribution in [0.25, 0.3) is 21.8 Å². The lowest BCUT2D eigenvalue weighted by Gasteiger charge is -2.05. The summed E-state index contributed by atoms with van der Waals surface area (Å²) in [6.45, 7) is 4.50. The van der Waals surface area contributed by atoms with Gasteiger partial charge in [0.1, 0.15) is 5.82 Å². The lowest BCUT2D eigenvalue weighted by Crippen LogP contribution is -1.97. The maximum absolute atomic E-state index is 13.5. The van der Waals surface area contributed by atoms with E-state index >= 15 is 0 Å². The van der Waals surface area contributed by atoms with Gasteiger partial charge in [0, 0.05) is 28.4 Å². The highest BCUT2D eigenvalue weighted by molar-refractivity contribution is 6.10. The van der Waals surface area contributed by atoms with Gasteiger partial charge in [-0.1, -0.05) is 6.92 Å². The van der Waals surface area contributed by atoms with Crippen molar-refractivity contribution < 1.29 is 9.18 Å². The van der Waals surface area contributed by atoms with Crippen molar-refractivity contribution in [3.63, 3.8) is 0 Å². The molecule has 2 aromatic carbocycles. The fraction of sp³-hybridized carbons (Fsp3) is 0.235. The first-order chi connectivity index (χ1) is 9.61. The summed E-state index contributed by atoms with van der Waals surface area (Å²) in [5.74, 6) is -0.185. The van der Waals surface area contributed by atoms with Crippen molar-refractivity contribution in [1.82, 2.24) is 4.57 Å². The minimum absolute atomic E-state index is 0.0467. The molecular formula is C17H16FNO. The molecule has 0 aliphatic rings. The molecule has 20 heavy (non-hydrogen) atoms. The maximum Gasteiger partial charge on any atom is 0.159 e. The molecule has 0 aliphatic carbocycles. The van der Waals surface area contributed by atoms with Gasteiger partial charge in [-0.05, 0) is 49.7 Å². The molecular weight excluding hydrogens is 253 g/mol. The number of hydrogen-bond donors (Lipinski definition) is 0. The highest BCUT2D eigenvalue weighted by atomic mass is 19.1. The molecule has 0 aliphatic heterocycles. The standard InChI is InChI=1S/C17H16FNO/c1-3-8-19-16-7-4-12(11(2)20)9-15(16)14-6-5-13(18)10-17(14)19/h4-7,9-10H,3,8H2,1-2H3. The van der Waals surface area contributed by atoms with Crippen LogP contribution in [0.2, 0.25) is 0 Å². The van der Waals surface area contributed by atoms with Gasteiger partial charge in [0.2, 0.25) is 0 Å². The predicted octanol–water partition coefficient (Wildman–Crippen LogP) is 4.55. The zero-order chi connectivity index (χ0) is 14.3. The highest BCUT2D eigenvalue weighted by Gasteiger charge is 2.12. The summed E-state index contributed by atoms with van der Waals surface area (Å²) in [7, 11) is 0. The minimum Gasteiger partial charge on any atom is -0.340 e. The average Bonchev–Trinajstić information content (AvgIpc) is 2.72. The van der Waals surface area contributed by atoms with E-state index in [0.29, 0.717) is 5.56 Å². The zero-order valence-electron chi connectivity index (χ0n) is 11.6. The van der Waals surface area contributed by atoms with E-state index in [-0.39, 0.29) is 11.6 Å². The molecule has 0 unspecified atom stereocenters. The van der Waals surface area contributed by atoms with Gasteiger partial charge in [0.25, 0.3) is 0 Å². The molecule has 102 valence electrons. The SMILES string of the molecule is CCCn1c2ccc(C(C)=O)cc2c2ccc(F)cc21. The summed E-state index contributed by atoms with van der Waals surface area (Å²) >= 11 is 0. The van der Waals surface area contributed by atoms with Gasteiger partial charge < -0.3 is 4.57 Å². The van der Waals surface area contributed by atoms with E-state index in [1.54, 1.807) is 19.1 Å². The molecule has 0 N–H and O–H groups in total. The first-order valence-electron chi connectivity index (χ1n) is 6.84. The molecule has 0 bridgehead atoms. The van der Waals surface area contributed by atoms with Crippen LogP contribution >= 0.6 is 0 Å². The molecule has 0 spiro atoms. The van der Waals surface area contributed by atoms with Crippen LogP contribution in [0.3, 0.4) is 0 Å². The summed E-state index contributed by atoms with van der Waals surface area (Å²) in [5.41, 5.74) is 2.64. The topological polar surface area (TPSA) is 22.0 Å². The molecule has 0 saturated carbocycles. The van der Waals surface area contributed by atoms with Crippen molar-refractivity contribution >= 4 is 27.6 Å². The molecule has 0 atom stereocenters. The van der Waals surface area contributed by atoms with Gasteiger partial charge in [-0.25, -0.2) is 4.39 Å². The molecule has 0 saturated heterocycles. The van der Waals surface area contributed by atoms with Crippen molar-refractivity contribution in [2.45, 2.75) is 26.8 Å². The molecule has 0 radical (unpaired) electrons. The Labute approximate surface area is 116 Å². The average molecular weight is 269 g/mol. The number of halogens is 1. The largest absolute Gasteiger partial charge is 0.340 e. The summed E-state index contributed by atoms with van der Waals surface area (Å²) in [4.78, 5) is 11.5. The molecule has 1 aromatic heterocycles. The highest BCUT2D eigenvalue weighted by Crippen LogP contribution is 2.30. The summed E-state index contributed by atoms with van der Waals surface area (Å²) in [6.07, 6.45) is 0.976. The number of nitrogens with zero attached hydrogens (tertiary/aromatic N) is 1. The van der Waals surface area contributed by atoms with Gasteiger partial charge in [-0.3, -0.25) is 4.79 Å². The third kappa shape index (κ3) is 1.90. The van der Waals surface area contributed by atoms with Crippen molar-refractivity contribution in [2.75, 3.05) is 0 Å². The Kier molecular flexibility index (Phi) is 3.05. The second-order valence-corrected chi connectivity index (χ2v) is 5.10. The molecule has 3 aromatic rings. The summed E-state index contributed by atoms with van der Waals surface area (Å²) in [6, 6.07) is 10.5. The number of Topliss-reactive ketones (excluding diaryl/α,β-unsaturated/α-hetero) is 1. The lowest BCUT2D eigenvalue weighted by molar-refractivity contribution is 0.101.